The van der Waals surface area contributed by atoms with Gasteiger partial charge in [0.15, 0.2) is 0 Å². The maximum atomic E-state index is 13.3. The normalized spacial score (nSPS) is 18.7. The largest absolute Gasteiger partial charge is 0.480 e. The quantitative estimate of drug-likeness (QED) is 0.273. The first-order chi connectivity index (χ1) is 18.3. The molecule has 1 fully saturated rings. The molecule has 2 aliphatic heterocycles. The molecule has 1 aromatic carbocycles. The van der Waals surface area contributed by atoms with Crippen LogP contribution in [0.5, 0.6) is 0 Å². The summed E-state index contributed by atoms with van der Waals surface area (Å²) in [4.78, 5) is 52.3. The van der Waals surface area contributed by atoms with Gasteiger partial charge in [0.1, 0.15) is 27.0 Å². The number of thiocarbonyl (C=S) groups is 1. The Labute approximate surface area is 238 Å². The zero-order valence-electron chi connectivity index (χ0n) is 19.9. The molecule has 0 saturated carbocycles. The molecule has 4 rings (SSSR count). The molecular formula is C22H19N3O9S5. The van der Waals surface area contributed by atoms with Crippen LogP contribution in [0.25, 0.3) is 11.0 Å². The third kappa shape index (κ3) is 6.28. The van der Waals surface area contributed by atoms with Crippen molar-refractivity contribution >= 4 is 96.0 Å². The standard InChI is InChI=1S/C22H19N3O9S5/c1-11(20-23(6-7-39(32,33)34)12-4-2-3-5-13(12)36-20)8-14-18(30)24(9-15(26)27)21(37-14)17-19(31)25(10-16(28)29)22(35)38-17/h2-5,8H,6-7,9-10H2,1H3,(H,26,27)(H,28,29)(H,32,33,34). The van der Waals surface area contributed by atoms with Crippen LogP contribution in [-0.2, 0) is 31.0 Å². The second kappa shape index (κ2) is 11.3. The summed E-state index contributed by atoms with van der Waals surface area (Å²) in [6, 6.07) is 7.23. The lowest BCUT2D eigenvalue weighted by Gasteiger charge is -2.21. The number of anilines is 1. The van der Waals surface area contributed by atoms with E-state index in [4.69, 9.17) is 17.3 Å². The number of aliphatic carboxylic acids is 2. The van der Waals surface area contributed by atoms with Crippen molar-refractivity contribution in [2.75, 3.05) is 23.7 Å². The number of fused-ring (bicyclic) bond motifs is 1. The Kier molecular flexibility index (Phi) is 8.38. The molecule has 1 saturated heterocycles. The van der Waals surface area contributed by atoms with Crippen molar-refractivity contribution in [3.05, 3.63) is 54.4 Å². The summed E-state index contributed by atoms with van der Waals surface area (Å²) >= 11 is 8.11. The zero-order valence-corrected chi connectivity index (χ0v) is 24.0. The molecular weight excluding hydrogens is 611 g/mol. The number of allylic oxidation sites excluding steroid dienone is 1. The van der Waals surface area contributed by atoms with Crippen molar-refractivity contribution in [2.24, 2.45) is 0 Å². The van der Waals surface area contributed by atoms with Crippen LogP contribution in [0.2, 0.25) is 0 Å². The summed E-state index contributed by atoms with van der Waals surface area (Å²) in [6.45, 7) is 0.228. The SMILES string of the molecule is CC(C=c1sc(=C2SC(=S)N(CC(=O)O)C2=O)n(CC(=O)O)c1=O)=C1Sc2ccccc2N1CCS(=O)(=O)O. The minimum atomic E-state index is -4.25. The van der Waals surface area contributed by atoms with E-state index in [9.17, 15) is 37.3 Å². The summed E-state index contributed by atoms with van der Waals surface area (Å²) in [5.41, 5.74) is 0.600. The van der Waals surface area contributed by atoms with E-state index < -0.39 is 52.4 Å². The molecule has 1 aromatic heterocycles. The topological polar surface area (TPSA) is 175 Å². The molecule has 0 bridgehead atoms. The van der Waals surface area contributed by atoms with E-state index in [0.717, 1.165) is 43.1 Å². The number of nitrogens with zero attached hydrogens (tertiary/aromatic N) is 3. The van der Waals surface area contributed by atoms with Crippen molar-refractivity contribution in [3.63, 3.8) is 0 Å². The number of carboxylic acid groups (broad SMARTS) is 2. The number of para-hydroxylation sites is 1. The minimum Gasteiger partial charge on any atom is -0.480 e. The molecule has 12 nitrogen and oxygen atoms in total. The van der Waals surface area contributed by atoms with Gasteiger partial charge in [-0.3, -0.25) is 33.2 Å². The van der Waals surface area contributed by atoms with Crippen LogP contribution in [0, 0.1) is 0 Å². The van der Waals surface area contributed by atoms with Gasteiger partial charge < -0.3 is 15.1 Å². The Morgan fingerprint density at radius 3 is 2.36 bits per heavy atom. The highest BCUT2D eigenvalue weighted by atomic mass is 32.2. The molecule has 39 heavy (non-hydrogen) atoms. The fourth-order valence-electron chi connectivity index (χ4n) is 3.78. The zero-order chi connectivity index (χ0) is 28.6. The number of aromatic nitrogens is 1. The first kappa shape index (κ1) is 29.0. The first-order valence-corrected chi connectivity index (χ1v) is 15.4. The fraction of sp³-hybridized carbons (Fsp3) is 0.227. The van der Waals surface area contributed by atoms with Crippen LogP contribution in [0.4, 0.5) is 5.69 Å². The molecule has 0 aliphatic carbocycles. The maximum absolute atomic E-state index is 13.3. The average molecular weight is 630 g/mol. The molecule has 2 aromatic rings. The van der Waals surface area contributed by atoms with Crippen molar-refractivity contribution in [3.8, 4) is 0 Å². The number of thioether (sulfide) groups is 2. The molecule has 0 atom stereocenters. The second-order valence-electron chi connectivity index (χ2n) is 8.18. The third-order valence-electron chi connectivity index (χ3n) is 5.40. The molecule has 2 aliphatic rings. The van der Waals surface area contributed by atoms with Gasteiger partial charge >= 0.3 is 11.9 Å². The first-order valence-electron chi connectivity index (χ1n) is 10.9. The van der Waals surface area contributed by atoms with Gasteiger partial charge in [-0.25, -0.2) is 0 Å². The average Bonchev–Trinajstić information content (AvgIpc) is 3.45. The van der Waals surface area contributed by atoms with Gasteiger partial charge in [0.2, 0.25) is 0 Å². The van der Waals surface area contributed by atoms with E-state index in [2.05, 4.69) is 0 Å². The van der Waals surface area contributed by atoms with Crippen LogP contribution >= 0.6 is 47.1 Å². The molecule has 3 N–H and O–H groups in total. The van der Waals surface area contributed by atoms with Gasteiger partial charge in [-0.2, -0.15) is 8.42 Å². The van der Waals surface area contributed by atoms with E-state index >= 15 is 0 Å². The maximum Gasteiger partial charge on any atom is 0.323 e. The van der Waals surface area contributed by atoms with E-state index in [1.807, 2.05) is 12.1 Å². The number of thiazole rings is 1. The number of carbonyl (C=O) groups is 3. The van der Waals surface area contributed by atoms with Crippen LogP contribution in [-0.4, -0.2) is 73.7 Å². The minimum absolute atomic E-state index is 0.0291. The van der Waals surface area contributed by atoms with Gasteiger partial charge in [-0.05, 0) is 30.7 Å². The number of hydrogen-bond donors (Lipinski definition) is 3. The second-order valence-corrected chi connectivity index (χ2v) is 13.5. The molecule has 3 heterocycles. The molecule has 17 heteroatoms. The Hall–Kier alpha value is -2.96. The Morgan fingerprint density at radius 2 is 1.72 bits per heavy atom. The molecule has 0 radical (unpaired) electrons. The van der Waals surface area contributed by atoms with Gasteiger partial charge in [0.05, 0.1) is 21.0 Å². The van der Waals surface area contributed by atoms with Crippen molar-refractivity contribution < 1.29 is 37.6 Å². The highest BCUT2D eigenvalue weighted by molar-refractivity contribution is 8.30. The number of hydrogen-bond acceptors (Lipinski definition) is 11. The Bertz CT molecular complexity index is 1740. The van der Waals surface area contributed by atoms with Gasteiger partial charge in [-0.15, -0.1) is 11.3 Å². The van der Waals surface area contributed by atoms with E-state index in [0.29, 0.717) is 10.6 Å². The summed E-state index contributed by atoms with van der Waals surface area (Å²) in [6.07, 6.45) is 1.52. The van der Waals surface area contributed by atoms with E-state index in [1.165, 1.54) is 17.8 Å². The number of rotatable bonds is 8. The Morgan fingerprint density at radius 1 is 1.05 bits per heavy atom. The van der Waals surface area contributed by atoms with Crippen LogP contribution < -0.4 is 19.7 Å². The fourth-order valence-corrected chi connectivity index (χ4v) is 7.91. The predicted molar refractivity (Wildman–Crippen MR) is 152 cm³/mol. The highest BCUT2D eigenvalue weighted by Crippen LogP contribution is 2.47. The smallest absolute Gasteiger partial charge is 0.323 e. The van der Waals surface area contributed by atoms with Crippen LogP contribution in [0.3, 0.4) is 0 Å². The number of carbonyl (C=O) groups excluding carboxylic acids is 1. The highest BCUT2D eigenvalue weighted by Gasteiger charge is 2.35. The number of carboxylic acids is 2. The molecule has 0 spiro atoms. The summed E-state index contributed by atoms with van der Waals surface area (Å²) in [5, 5.41) is 19.1. The summed E-state index contributed by atoms with van der Waals surface area (Å²) in [5.74, 6) is -3.88. The lowest BCUT2D eigenvalue weighted by molar-refractivity contribution is -0.140. The monoisotopic (exact) mass is 629 g/mol. The van der Waals surface area contributed by atoms with Crippen LogP contribution in [0.1, 0.15) is 6.92 Å². The van der Waals surface area contributed by atoms with Crippen LogP contribution in [0.15, 0.2) is 44.6 Å². The predicted octanol–water partition coefficient (Wildman–Crippen LogP) is 0.560. The van der Waals surface area contributed by atoms with E-state index in [1.54, 1.807) is 24.0 Å². The lowest BCUT2D eigenvalue weighted by atomic mass is 10.2. The number of benzene rings is 1. The molecule has 206 valence electrons. The summed E-state index contributed by atoms with van der Waals surface area (Å²) < 4.78 is 33.2. The van der Waals surface area contributed by atoms with Gasteiger partial charge in [0, 0.05) is 11.4 Å². The third-order valence-corrected chi connectivity index (χ3v) is 10.1. The lowest BCUT2D eigenvalue weighted by Crippen LogP contribution is -2.36. The Balaban J connectivity index is 1.87. The molecule has 1 amide bonds. The van der Waals surface area contributed by atoms with E-state index in [-0.39, 0.29) is 25.0 Å². The van der Waals surface area contributed by atoms with Crippen molar-refractivity contribution in [2.45, 2.75) is 18.4 Å². The number of amides is 1. The summed E-state index contributed by atoms with van der Waals surface area (Å²) in [7, 11) is -4.25. The van der Waals surface area contributed by atoms with Gasteiger partial charge in [0.25, 0.3) is 21.6 Å². The van der Waals surface area contributed by atoms with Crippen molar-refractivity contribution in [1.29, 1.82) is 0 Å². The van der Waals surface area contributed by atoms with Crippen molar-refractivity contribution in [1.82, 2.24) is 9.47 Å². The van der Waals surface area contributed by atoms with Gasteiger partial charge in [-0.1, -0.05) is 47.9 Å². The molecule has 0 unspecified atom stereocenters.